The number of furan rings is 1. The number of benzene rings is 3. The molecule has 0 saturated heterocycles. The Hall–Kier alpha value is -4.10. The third kappa shape index (κ3) is 4.04. The fraction of sp³-hybridized carbons (Fsp3) is 0.0833. The highest BCUT2D eigenvalue weighted by molar-refractivity contribution is 6.13. The van der Waals surface area contributed by atoms with Gasteiger partial charge in [0.2, 0.25) is 5.78 Å². The fourth-order valence-electron chi connectivity index (χ4n) is 4.21. The van der Waals surface area contributed by atoms with Crippen LogP contribution in [0.15, 0.2) is 82.5 Å². The third-order valence-electron chi connectivity index (χ3n) is 5.91. The fourth-order valence-corrected chi connectivity index (χ4v) is 4.21. The Kier molecular flexibility index (Phi) is 5.78. The van der Waals surface area contributed by atoms with Gasteiger partial charge in [0, 0.05) is 23.4 Å². The van der Waals surface area contributed by atoms with Crippen molar-refractivity contribution in [3.8, 4) is 5.75 Å². The molecule has 178 valence electrons. The molecule has 0 saturated carbocycles. The first-order valence-electron chi connectivity index (χ1n) is 10.6. The summed E-state index contributed by atoms with van der Waals surface area (Å²) in [5.41, 5.74) is 0.285. The number of ketones is 1. The summed E-state index contributed by atoms with van der Waals surface area (Å²) in [6.07, 6.45) is 1.42. The van der Waals surface area contributed by atoms with E-state index in [0.717, 1.165) is 11.5 Å². The van der Waals surface area contributed by atoms with Gasteiger partial charge in [0.05, 0.1) is 18.0 Å². The average Bonchev–Trinajstić information content (AvgIpc) is 3.54. The minimum atomic E-state index is -1.37. The van der Waals surface area contributed by atoms with Gasteiger partial charge in [0.25, 0.3) is 0 Å². The zero-order chi connectivity index (χ0) is 24.7. The van der Waals surface area contributed by atoms with Crippen LogP contribution in [0.4, 0.5) is 17.1 Å². The Labute approximate surface area is 198 Å². The second-order valence-electron chi connectivity index (χ2n) is 7.98. The van der Waals surface area contributed by atoms with Gasteiger partial charge in [-0.15, -0.1) is 0 Å². The minimum Gasteiger partial charge on any atom is -0.595 e. The van der Waals surface area contributed by atoms with Crippen molar-refractivity contribution in [1.29, 1.82) is 0 Å². The lowest BCUT2D eigenvalue weighted by atomic mass is 9.97. The molecule has 3 atom stereocenters. The van der Waals surface area contributed by atoms with Crippen molar-refractivity contribution in [3.63, 3.8) is 0 Å². The maximum atomic E-state index is 13.3. The molecule has 0 amide bonds. The molecular weight excluding hydrogens is 456 g/mol. The van der Waals surface area contributed by atoms with Crippen LogP contribution in [0, 0.1) is 10.4 Å². The van der Waals surface area contributed by atoms with Crippen molar-refractivity contribution in [2.24, 2.45) is 5.10 Å². The summed E-state index contributed by atoms with van der Waals surface area (Å²) >= 11 is 0. The first-order valence-corrected chi connectivity index (χ1v) is 10.6. The Morgan fingerprint density at radius 3 is 2.54 bits per heavy atom. The number of quaternary nitrogens is 2. The zero-order valence-electron chi connectivity index (χ0n) is 18.1. The second-order valence-corrected chi connectivity index (χ2v) is 7.98. The number of hydrazone groups is 1. The topological polar surface area (TPSA) is 161 Å². The van der Waals surface area contributed by atoms with Gasteiger partial charge < -0.3 is 19.9 Å². The number of aromatic hydroxyl groups is 1. The van der Waals surface area contributed by atoms with E-state index in [1.165, 1.54) is 29.5 Å². The molecule has 0 bridgehead atoms. The van der Waals surface area contributed by atoms with E-state index < -0.39 is 22.3 Å². The van der Waals surface area contributed by atoms with Crippen molar-refractivity contribution in [2.45, 2.75) is 12.5 Å². The number of hydrogen-bond donors (Lipinski definition) is 5. The maximum Gasteiger partial charge on any atom is 0.222 e. The number of carbonyl (C=O) groups excluding carboxylic acids is 1. The van der Waals surface area contributed by atoms with E-state index in [2.05, 4.69) is 5.10 Å². The molecule has 11 nitrogen and oxygen atoms in total. The van der Waals surface area contributed by atoms with Crippen LogP contribution in [0.1, 0.15) is 22.5 Å². The van der Waals surface area contributed by atoms with Crippen molar-refractivity contribution in [2.75, 3.05) is 5.01 Å². The SMILES string of the molecule is O=C(c1ccco1)C1CC(c2ccc3ccccc3c2O)=NN1c1ccc([NH+]([O-])O)cc1[NH+]([O-])O. The standard InChI is InChI=1S/C24H20N4O7/c29-23-16-5-2-1-4-14(16)7-9-17(23)18-13-21(24(30)22-6-3-11-35-22)26(25-18)19-10-8-15(27(31)32)12-20(19)28(33)34/h1-12,21,27-29,31,33H,13H2. The first-order chi connectivity index (χ1) is 16.8. The van der Waals surface area contributed by atoms with Crippen molar-refractivity contribution in [3.05, 3.63) is 94.7 Å². The molecule has 0 radical (unpaired) electrons. The summed E-state index contributed by atoms with van der Waals surface area (Å²) in [6.45, 7) is 0. The van der Waals surface area contributed by atoms with Gasteiger partial charge in [-0.25, -0.2) is 15.4 Å². The van der Waals surface area contributed by atoms with E-state index >= 15 is 0 Å². The molecule has 1 aromatic heterocycles. The lowest BCUT2D eigenvalue weighted by Gasteiger charge is -2.25. The van der Waals surface area contributed by atoms with E-state index in [9.17, 15) is 30.7 Å². The number of nitrogens with one attached hydrogen (secondary N) is 2. The van der Waals surface area contributed by atoms with Gasteiger partial charge in [0.15, 0.2) is 17.1 Å². The molecule has 3 aromatic carbocycles. The highest BCUT2D eigenvalue weighted by Crippen LogP contribution is 2.37. The number of rotatable bonds is 6. The average molecular weight is 476 g/mol. The molecule has 4 aromatic rings. The van der Waals surface area contributed by atoms with Crippen molar-refractivity contribution in [1.82, 2.24) is 0 Å². The van der Waals surface area contributed by atoms with Crippen molar-refractivity contribution < 1.29 is 35.2 Å². The van der Waals surface area contributed by atoms with Crippen LogP contribution in [0.2, 0.25) is 0 Å². The van der Waals surface area contributed by atoms with Gasteiger partial charge in [-0.1, -0.05) is 30.3 Å². The van der Waals surface area contributed by atoms with E-state index in [1.54, 1.807) is 24.3 Å². The Morgan fingerprint density at radius 2 is 1.83 bits per heavy atom. The zero-order valence-corrected chi connectivity index (χ0v) is 18.1. The van der Waals surface area contributed by atoms with Crippen LogP contribution in [-0.4, -0.2) is 33.1 Å². The molecule has 1 aliphatic rings. The van der Waals surface area contributed by atoms with E-state index in [-0.39, 0.29) is 35.0 Å². The number of Topliss-reactive ketones (excluding diaryl/α,β-unsaturated/α-hetero) is 1. The molecule has 2 heterocycles. The molecule has 5 N–H and O–H groups in total. The Bertz CT molecular complexity index is 1430. The molecule has 11 heteroatoms. The van der Waals surface area contributed by atoms with Crippen LogP contribution < -0.4 is 15.5 Å². The minimum absolute atomic E-state index is 0.00687. The number of anilines is 1. The van der Waals surface area contributed by atoms with E-state index in [4.69, 9.17) is 4.42 Å². The van der Waals surface area contributed by atoms with Gasteiger partial charge in [0.1, 0.15) is 17.5 Å². The molecule has 0 spiro atoms. The number of phenolic OH excluding ortho intramolecular Hbond substituents is 1. The molecule has 0 aliphatic carbocycles. The predicted molar refractivity (Wildman–Crippen MR) is 124 cm³/mol. The summed E-state index contributed by atoms with van der Waals surface area (Å²) < 4.78 is 5.27. The summed E-state index contributed by atoms with van der Waals surface area (Å²) in [6, 6.07) is 16.4. The van der Waals surface area contributed by atoms with Gasteiger partial charge in [-0.2, -0.15) is 15.6 Å². The number of carbonyl (C=O) groups is 1. The summed E-state index contributed by atoms with van der Waals surface area (Å²) in [4.78, 5) is 13.3. The quantitative estimate of drug-likeness (QED) is 0.208. The Balaban J connectivity index is 1.64. The molecule has 35 heavy (non-hydrogen) atoms. The largest absolute Gasteiger partial charge is 0.595 e. The summed E-state index contributed by atoms with van der Waals surface area (Å²) in [5.74, 6) is -0.376. The first kappa shape index (κ1) is 22.7. The van der Waals surface area contributed by atoms with Crippen LogP contribution in [-0.2, 0) is 0 Å². The number of hydrogen-bond acceptors (Lipinski definition) is 9. The van der Waals surface area contributed by atoms with Gasteiger partial charge >= 0.3 is 0 Å². The molecule has 1 aliphatic heterocycles. The molecule has 0 fully saturated rings. The maximum absolute atomic E-state index is 13.3. The molecule has 5 rings (SSSR count). The van der Waals surface area contributed by atoms with Crippen LogP contribution in [0.5, 0.6) is 5.75 Å². The number of nitrogens with zero attached hydrogens (tertiary/aromatic N) is 2. The molecule has 3 unspecified atom stereocenters. The Morgan fingerprint density at radius 1 is 1.03 bits per heavy atom. The third-order valence-corrected chi connectivity index (χ3v) is 5.91. The number of phenols is 1. The van der Waals surface area contributed by atoms with E-state index in [0.29, 0.717) is 16.7 Å². The van der Waals surface area contributed by atoms with Gasteiger partial charge in [-0.05, 0) is 29.7 Å². The lowest BCUT2D eigenvalue weighted by molar-refractivity contribution is -0.996. The van der Waals surface area contributed by atoms with Crippen LogP contribution in [0.3, 0.4) is 0 Å². The smallest absolute Gasteiger partial charge is 0.222 e. The van der Waals surface area contributed by atoms with Crippen molar-refractivity contribution >= 4 is 39.3 Å². The van der Waals surface area contributed by atoms with Crippen LogP contribution >= 0.6 is 0 Å². The highest BCUT2D eigenvalue weighted by Gasteiger charge is 2.38. The normalized spacial score (nSPS) is 17.4. The molecular formula is C24H20N4O7. The number of fused-ring (bicyclic) bond motifs is 1. The van der Waals surface area contributed by atoms with E-state index in [1.807, 2.05) is 18.2 Å². The van der Waals surface area contributed by atoms with Gasteiger partial charge in [-0.3, -0.25) is 4.79 Å². The predicted octanol–water partition coefficient (Wildman–Crippen LogP) is 1.81. The summed E-state index contributed by atoms with van der Waals surface area (Å²) in [7, 11) is 0. The summed E-state index contributed by atoms with van der Waals surface area (Å²) in [5, 5.41) is 58.0. The van der Waals surface area contributed by atoms with Crippen LogP contribution in [0.25, 0.3) is 10.8 Å². The monoisotopic (exact) mass is 476 g/mol. The lowest BCUT2D eigenvalue weighted by Crippen LogP contribution is -3.00. The second kappa shape index (κ2) is 8.92. The highest BCUT2D eigenvalue weighted by atomic mass is 16.8.